The third-order valence-corrected chi connectivity index (χ3v) is 2.65. The van der Waals surface area contributed by atoms with Crippen molar-refractivity contribution in [2.24, 2.45) is 10.8 Å². The maximum absolute atomic E-state index is 4.12. The molecule has 1 rings (SSSR count). The molecule has 0 atom stereocenters. The summed E-state index contributed by atoms with van der Waals surface area (Å²) in [5, 5.41) is 0. The molecular weight excluding hydrogens is 168 g/mol. The van der Waals surface area contributed by atoms with Gasteiger partial charge in [-0.3, -0.25) is 0 Å². The normalized spacial score (nSPS) is 18.3. The first kappa shape index (κ1) is 11.3. The minimum atomic E-state index is 0.209. The van der Waals surface area contributed by atoms with E-state index in [0.29, 0.717) is 0 Å². The van der Waals surface area contributed by atoms with Crippen LogP contribution in [0.2, 0.25) is 0 Å². The molecule has 0 unspecified atom stereocenters. The van der Waals surface area contributed by atoms with E-state index in [1.165, 1.54) is 16.7 Å². The summed E-state index contributed by atoms with van der Waals surface area (Å²) in [6.07, 6.45) is 4.53. The van der Waals surface area contributed by atoms with Gasteiger partial charge in [0.15, 0.2) is 0 Å². The van der Waals surface area contributed by atoms with Crippen LogP contribution in [0.3, 0.4) is 0 Å². The molecule has 0 N–H and O–H groups in total. The molecule has 1 aliphatic carbocycles. The molecule has 0 nitrogen and oxygen atoms in total. The van der Waals surface area contributed by atoms with E-state index in [1.807, 2.05) is 0 Å². The molecule has 0 saturated carbocycles. The van der Waals surface area contributed by atoms with Crippen LogP contribution in [0, 0.1) is 10.8 Å². The Balaban J connectivity index is 3.06. The van der Waals surface area contributed by atoms with Crippen LogP contribution in [-0.2, 0) is 0 Å². The van der Waals surface area contributed by atoms with Crippen molar-refractivity contribution >= 4 is 0 Å². The molecule has 0 bridgehead atoms. The van der Waals surface area contributed by atoms with Gasteiger partial charge in [0.2, 0.25) is 0 Å². The van der Waals surface area contributed by atoms with Gasteiger partial charge >= 0.3 is 0 Å². The molecule has 0 aromatic heterocycles. The van der Waals surface area contributed by atoms with Crippen LogP contribution in [-0.4, -0.2) is 0 Å². The van der Waals surface area contributed by atoms with E-state index in [-0.39, 0.29) is 10.8 Å². The highest BCUT2D eigenvalue weighted by Gasteiger charge is 2.26. The van der Waals surface area contributed by atoms with Crippen molar-refractivity contribution in [1.29, 1.82) is 0 Å². The lowest BCUT2D eigenvalue weighted by Crippen LogP contribution is -2.09. The van der Waals surface area contributed by atoms with E-state index in [0.717, 1.165) is 0 Å². The lowest BCUT2D eigenvalue weighted by Gasteiger charge is -2.22. The van der Waals surface area contributed by atoms with Crippen molar-refractivity contribution in [3.63, 3.8) is 0 Å². The molecule has 0 heterocycles. The van der Waals surface area contributed by atoms with Crippen LogP contribution in [0.25, 0.3) is 0 Å². The van der Waals surface area contributed by atoms with E-state index in [9.17, 15) is 0 Å². The maximum Gasteiger partial charge on any atom is -0.0126 e. The molecule has 0 aromatic rings. The van der Waals surface area contributed by atoms with Crippen LogP contribution in [0.1, 0.15) is 41.5 Å². The summed E-state index contributed by atoms with van der Waals surface area (Å²) < 4.78 is 0. The molecular formula is C14H22. The van der Waals surface area contributed by atoms with Gasteiger partial charge < -0.3 is 0 Å². The zero-order chi connectivity index (χ0) is 11.1. The van der Waals surface area contributed by atoms with Crippen molar-refractivity contribution in [3.05, 3.63) is 35.5 Å². The van der Waals surface area contributed by atoms with Gasteiger partial charge in [-0.15, -0.1) is 0 Å². The van der Waals surface area contributed by atoms with Crippen molar-refractivity contribution < 1.29 is 0 Å². The first-order valence-electron chi connectivity index (χ1n) is 5.26. The van der Waals surface area contributed by atoms with Crippen LogP contribution < -0.4 is 0 Å². The smallest absolute Gasteiger partial charge is 0.0126 e. The summed E-state index contributed by atoms with van der Waals surface area (Å²) in [7, 11) is 0. The van der Waals surface area contributed by atoms with Gasteiger partial charge in [-0.2, -0.15) is 0 Å². The number of allylic oxidation sites excluding steroid dienone is 5. The fourth-order valence-electron chi connectivity index (χ4n) is 1.69. The molecule has 78 valence electrons. The van der Waals surface area contributed by atoms with Crippen molar-refractivity contribution in [1.82, 2.24) is 0 Å². The van der Waals surface area contributed by atoms with E-state index in [1.54, 1.807) is 0 Å². The Hall–Kier alpha value is -0.780. The highest BCUT2D eigenvalue weighted by molar-refractivity contribution is 5.55. The Morgan fingerprint density at radius 2 is 1.36 bits per heavy atom. The highest BCUT2D eigenvalue weighted by Crippen LogP contribution is 2.41. The Kier molecular flexibility index (Phi) is 2.51. The van der Waals surface area contributed by atoms with Crippen LogP contribution in [0.5, 0.6) is 0 Å². The monoisotopic (exact) mass is 190 g/mol. The Labute approximate surface area is 88.4 Å². The number of hydrogen-bond acceptors (Lipinski definition) is 0. The quantitative estimate of drug-likeness (QED) is 0.527. The molecule has 0 aromatic carbocycles. The summed E-state index contributed by atoms with van der Waals surface area (Å²) in [5.74, 6) is 0. The Morgan fingerprint density at radius 1 is 0.857 bits per heavy atom. The number of rotatable bonds is 0. The lowest BCUT2D eigenvalue weighted by atomic mass is 9.83. The van der Waals surface area contributed by atoms with Gasteiger partial charge in [-0.05, 0) is 27.5 Å². The second-order valence-electron chi connectivity index (χ2n) is 6.18. The summed E-state index contributed by atoms with van der Waals surface area (Å²) in [6.45, 7) is 17.6. The van der Waals surface area contributed by atoms with Crippen LogP contribution in [0.15, 0.2) is 35.5 Å². The van der Waals surface area contributed by atoms with Crippen LogP contribution in [0.4, 0.5) is 0 Å². The molecule has 0 fully saturated rings. The van der Waals surface area contributed by atoms with E-state index < -0.39 is 0 Å². The Bertz CT molecular complexity index is 296. The molecule has 14 heavy (non-hydrogen) atoms. The highest BCUT2D eigenvalue weighted by atomic mass is 14.3. The topological polar surface area (TPSA) is 0 Å². The van der Waals surface area contributed by atoms with Gasteiger partial charge in [0, 0.05) is 0 Å². The minimum Gasteiger partial charge on any atom is -0.0915 e. The first-order valence-corrected chi connectivity index (χ1v) is 5.26. The molecule has 1 aliphatic rings. The van der Waals surface area contributed by atoms with Crippen molar-refractivity contribution in [3.8, 4) is 0 Å². The van der Waals surface area contributed by atoms with Gasteiger partial charge in [-0.1, -0.05) is 60.3 Å². The maximum atomic E-state index is 4.12. The molecule has 0 radical (unpaired) electrons. The predicted octanol–water partition coefficient (Wildman–Crippen LogP) is 4.50. The van der Waals surface area contributed by atoms with Gasteiger partial charge in [0.25, 0.3) is 0 Å². The van der Waals surface area contributed by atoms with E-state index >= 15 is 0 Å². The fraction of sp³-hybridized carbons (Fsp3) is 0.571. The van der Waals surface area contributed by atoms with Gasteiger partial charge in [0.1, 0.15) is 0 Å². The van der Waals surface area contributed by atoms with Crippen molar-refractivity contribution in [2.45, 2.75) is 41.5 Å². The average Bonchev–Trinajstić information content (AvgIpc) is 2.27. The SMILES string of the molecule is C=C1C=C(C(C)(C)C)C=C1C(C)(C)C. The molecule has 0 heteroatoms. The lowest BCUT2D eigenvalue weighted by molar-refractivity contribution is 0.505. The molecule has 0 aliphatic heterocycles. The van der Waals surface area contributed by atoms with E-state index in [4.69, 9.17) is 0 Å². The average molecular weight is 190 g/mol. The fourth-order valence-corrected chi connectivity index (χ4v) is 1.69. The molecule has 0 amide bonds. The second kappa shape index (κ2) is 3.12. The third-order valence-electron chi connectivity index (χ3n) is 2.65. The summed E-state index contributed by atoms with van der Waals surface area (Å²) in [5.41, 5.74) is 4.40. The second-order valence-corrected chi connectivity index (χ2v) is 6.18. The molecule has 0 saturated heterocycles. The third kappa shape index (κ3) is 2.17. The van der Waals surface area contributed by atoms with Gasteiger partial charge in [0.05, 0.1) is 0 Å². The standard InChI is InChI=1S/C14H22/c1-10-8-11(13(2,3)4)9-12(10)14(5,6)7/h8-9H,1H2,2-7H3. The van der Waals surface area contributed by atoms with Crippen LogP contribution >= 0.6 is 0 Å². The first-order chi connectivity index (χ1) is 6.12. The summed E-state index contributed by atoms with van der Waals surface area (Å²) in [6, 6.07) is 0. The zero-order valence-electron chi connectivity index (χ0n) is 10.4. The van der Waals surface area contributed by atoms with Crippen molar-refractivity contribution in [2.75, 3.05) is 0 Å². The van der Waals surface area contributed by atoms with Gasteiger partial charge in [-0.25, -0.2) is 0 Å². The zero-order valence-corrected chi connectivity index (χ0v) is 10.4. The number of hydrogen-bond donors (Lipinski definition) is 0. The predicted molar refractivity (Wildman–Crippen MR) is 64.2 cm³/mol. The largest absolute Gasteiger partial charge is 0.0915 e. The Morgan fingerprint density at radius 3 is 1.57 bits per heavy atom. The molecule has 0 spiro atoms. The van der Waals surface area contributed by atoms with E-state index in [2.05, 4.69) is 60.3 Å². The summed E-state index contributed by atoms with van der Waals surface area (Å²) >= 11 is 0. The minimum absolute atomic E-state index is 0.209. The summed E-state index contributed by atoms with van der Waals surface area (Å²) in [4.78, 5) is 0.